The highest BCUT2D eigenvalue weighted by atomic mass is 16.5. The topological polar surface area (TPSA) is 107 Å². The van der Waals surface area contributed by atoms with Crippen molar-refractivity contribution in [1.29, 1.82) is 0 Å². The van der Waals surface area contributed by atoms with E-state index in [0.717, 1.165) is 54.4 Å². The first-order chi connectivity index (χ1) is 20.5. The van der Waals surface area contributed by atoms with Gasteiger partial charge in [0.25, 0.3) is 11.8 Å². The van der Waals surface area contributed by atoms with Gasteiger partial charge in [0.05, 0.1) is 45.1 Å². The molecule has 0 unspecified atom stereocenters. The molecule has 6 rings (SSSR count). The van der Waals surface area contributed by atoms with Crippen LogP contribution < -0.4 is 24.3 Å². The van der Waals surface area contributed by atoms with Gasteiger partial charge < -0.3 is 33.4 Å². The van der Waals surface area contributed by atoms with Crippen molar-refractivity contribution >= 4 is 44.8 Å². The summed E-state index contributed by atoms with van der Waals surface area (Å²) in [6.07, 6.45) is 8.49. The number of carbonyl (C=O) groups excluding carboxylic acids is 2. The smallest absolute Gasteiger partial charge is 0.259 e. The summed E-state index contributed by atoms with van der Waals surface area (Å²) in [7, 11) is 6.33. The molecule has 0 radical (unpaired) electrons. The van der Waals surface area contributed by atoms with E-state index in [1.807, 2.05) is 30.5 Å². The van der Waals surface area contributed by atoms with Crippen LogP contribution in [0.1, 0.15) is 36.8 Å². The Balaban J connectivity index is 1.50. The van der Waals surface area contributed by atoms with Crippen molar-refractivity contribution in [3.63, 3.8) is 0 Å². The average Bonchev–Trinajstić information content (AvgIpc) is 3.67. The third-order valence-electron chi connectivity index (χ3n) is 8.36. The van der Waals surface area contributed by atoms with E-state index in [2.05, 4.69) is 19.8 Å². The lowest BCUT2D eigenvalue weighted by molar-refractivity contribution is -0.122. The number of benzene rings is 2. The van der Waals surface area contributed by atoms with Crippen molar-refractivity contribution in [3.8, 4) is 23.0 Å². The van der Waals surface area contributed by atoms with E-state index < -0.39 is 11.8 Å². The number of amides is 2. The van der Waals surface area contributed by atoms with Crippen molar-refractivity contribution < 1.29 is 28.5 Å². The number of nitrogens with zero attached hydrogens (tertiary/aromatic N) is 2. The molecular formula is C32H36N4O6. The molecule has 2 aromatic carbocycles. The minimum atomic E-state index is -0.447. The Labute approximate surface area is 244 Å². The summed E-state index contributed by atoms with van der Waals surface area (Å²) in [6.45, 7) is 4.05. The Morgan fingerprint density at radius 2 is 1.31 bits per heavy atom. The largest absolute Gasteiger partial charge is 0.493 e. The second kappa shape index (κ2) is 11.4. The first kappa shape index (κ1) is 27.7. The Kier molecular flexibility index (Phi) is 7.55. The molecule has 0 spiro atoms. The number of hydrogen-bond donors (Lipinski definition) is 2. The molecule has 10 heteroatoms. The lowest BCUT2D eigenvalue weighted by Gasteiger charge is -2.26. The number of aromatic amines is 1. The van der Waals surface area contributed by atoms with Gasteiger partial charge in [0.15, 0.2) is 23.0 Å². The number of nitrogens with one attached hydrogen (secondary N) is 2. The quantitative estimate of drug-likeness (QED) is 0.268. The zero-order valence-corrected chi connectivity index (χ0v) is 24.5. The SMILES string of the molecule is COc1cc2[nH]cc(C3=C(c4cn(CCCN5CCCCC5)c5cc(OC)c(OC)cc45)C(=O)NC3=O)c2cc1OC. The van der Waals surface area contributed by atoms with Crippen LogP contribution in [0, 0.1) is 0 Å². The average molecular weight is 573 g/mol. The fourth-order valence-electron chi connectivity index (χ4n) is 6.27. The van der Waals surface area contributed by atoms with E-state index in [1.54, 1.807) is 34.6 Å². The highest BCUT2D eigenvalue weighted by Gasteiger charge is 2.35. The van der Waals surface area contributed by atoms with Gasteiger partial charge in [-0.15, -0.1) is 0 Å². The lowest BCUT2D eigenvalue weighted by atomic mass is 9.95. The molecule has 2 aliphatic rings. The number of imide groups is 1. The van der Waals surface area contributed by atoms with Gasteiger partial charge in [-0.05, 0) is 51.0 Å². The number of ether oxygens (including phenoxy) is 4. The van der Waals surface area contributed by atoms with Crippen LogP contribution in [0.25, 0.3) is 33.0 Å². The molecule has 0 saturated carbocycles. The second-order valence-corrected chi connectivity index (χ2v) is 10.7. The van der Waals surface area contributed by atoms with E-state index in [1.165, 1.54) is 19.3 Å². The first-order valence-electron chi connectivity index (χ1n) is 14.3. The second-order valence-electron chi connectivity index (χ2n) is 10.7. The van der Waals surface area contributed by atoms with E-state index in [4.69, 9.17) is 18.9 Å². The van der Waals surface area contributed by atoms with Crippen LogP contribution >= 0.6 is 0 Å². The van der Waals surface area contributed by atoms with Gasteiger partial charge in [0, 0.05) is 58.5 Å². The van der Waals surface area contributed by atoms with Crippen molar-refractivity contribution in [2.45, 2.75) is 32.2 Å². The van der Waals surface area contributed by atoms with Gasteiger partial charge in [0.2, 0.25) is 0 Å². The molecular weight excluding hydrogens is 536 g/mol. The number of H-pyrrole nitrogens is 1. The highest BCUT2D eigenvalue weighted by molar-refractivity contribution is 6.50. The summed E-state index contributed by atoms with van der Waals surface area (Å²) in [5.74, 6) is 1.36. The fourth-order valence-corrected chi connectivity index (χ4v) is 6.27. The zero-order valence-electron chi connectivity index (χ0n) is 24.5. The lowest BCUT2D eigenvalue weighted by Crippen LogP contribution is -2.31. The Bertz CT molecular complexity index is 1710. The predicted molar refractivity (Wildman–Crippen MR) is 161 cm³/mol. The van der Waals surface area contributed by atoms with E-state index >= 15 is 0 Å². The number of rotatable bonds is 10. The number of piperidine rings is 1. The normalized spacial score (nSPS) is 16.0. The van der Waals surface area contributed by atoms with Gasteiger partial charge in [-0.25, -0.2) is 0 Å². The van der Waals surface area contributed by atoms with E-state index in [0.29, 0.717) is 45.3 Å². The number of methoxy groups -OCH3 is 4. The zero-order chi connectivity index (χ0) is 29.4. The predicted octanol–water partition coefficient (Wildman–Crippen LogP) is 4.60. The number of fused-ring (bicyclic) bond motifs is 2. The molecule has 0 atom stereocenters. The van der Waals surface area contributed by atoms with Crippen molar-refractivity contribution in [2.75, 3.05) is 48.1 Å². The van der Waals surface area contributed by atoms with E-state index in [-0.39, 0.29) is 0 Å². The summed E-state index contributed by atoms with van der Waals surface area (Å²) in [5.41, 5.74) is 3.56. The molecule has 4 aromatic rings. The highest BCUT2D eigenvalue weighted by Crippen LogP contribution is 2.43. The van der Waals surface area contributed by atoms with Gasteiger partial charge >= 0.3 is 0 Å². The van der Waals surface area contributed by atoms with Crippen LogP contribution in [-0.2, 0) is 16.1 Å². The minimum Gasteiger partial charge on any atom is -0.493 e. The van der Waals surface area contributed by atoms with Crippen LogP contribution in [0.5, 0.6) is 23.0 Å². The molecule has 220 valence electrons. The maximum absolute atomic E-state index is 13.5. The third kappa shape index (κ3) is 4.75. The molecule has 0 bridgehead atoms. The number of aryl methyl sites for hydroxylation is 1. The molecule has 1 fully saturated rings. The van der Waals surface area contributed by atoms with Crippen molar-refractivity contribution in [2.24, 2.45) is 0 Å². The molecule has 2 aliphatic heterocycles. The summed E-state index contributed by atoms with van der Waals surface area (Å²) in [6, 6.07) is 7.46. The van der Waals surface area contributed by atoms with Crippen LogP contribution in [0.2, 0.25) is 0 Å². The monoisotopic (exact) mass is 572 g/mol. The molecule has 1 saturated heterocycles. The molecule has 2 aromatic heterocycles. The fraction of sp³-hybridized carbons (Fsp3) is 0.375. The third-order valence-corrected chi connectivity index (χ3v) is 8.36. The summed E-state index contributed by atoms with van der Waals surface area (Å²) in [4.78, 5) is 32.6. The van der Waals surface area contributed by atoms with Crippen molar-refractivity contribution in [1.82, 2.24) is 19.8 Å². The van der Waals surface area contributed by atoms with Crippen LogP contribution in [0.4, 0.5) is 0 Å². The number of carbonyl (C=O) groups is 2. The molecule has 0 aliphatic carbocycles. The maximum Gasteiger partial charge on any atom is 0.259 e. The number of aromatic nitrogens is 2. The van der Waals surface area contributed by atoms with E-state index in [9.17, 15) is 9.59 Å². The summed E-state index contributed by atoms with van der Waals surface area (Å²) >= 11 is 0. The van der Waals surface area contributed by atoms with Gasteiger partial charge in [-0.1, -0.05) is 6.42 Å². The van der Waals surface area contributed by atoms with Gasteiger partial charge in [-0.3, -0.25) is 14.9 Å². The standard InChI is InChI=1S/C32H36N4O6/c1-39-25-13-19-21(17-33-23(19)15-27(25)41-3)29-30(32(38)34-31(29)37)22-18-36(12-8-11-35-9-6-5-7-10-35)24-16-28(42-4)26(40-2)14-20(22)24/h13-18,33H,5-12H2,1-4H3,(H,34,37,38). The Morgan fingerprint density at radius 1 is 0.714 bits per heavy atom. The molecule has 4 heterocycles. The number of likely N-dealkylation sites (tertiary alicyclic amines) is 1. The van der Waals surface area contributed by atoms with Crippen LogP contribution in [0.3, 0.4) is 0 Å². The Hall–Kier alpha value is -4.44. The van der Waals surface area contributed by atoms with Gasteiger partial charge in [0.1, 0.15) is 0 Å². The Morgan fingerprint density at radius 3 is 1.98 bits per heavy atom. The first-order valence-corrected chi connectivity index (χ1v) is 14.3. The van der Waals surface area contributed by atoms with Crippen LogP contribution in [-0.4, -0.2) is 74.3 Å². The molecule has 42 heavy (non-hydrogen) atoms. The summed E-state index contributed by atoms with van der Waals surface area (Å²) < 4.78 is 24.4. The van der Waals surface area contributed by atoms with Crippen LogP contribution in [0.15, 0.2) is 36.7 Å². The molecule has 10 nitrogen and oxygen atoms in total. The number of hydrogen-bond acceptors (Lipinski definition) is 7. The molecule has 2 N–H and O–H groups in total. The summed E-state index contributed by atoms with van der Waals surface area (Å²) in [5, 5.41) is 4.09. The molecule has 2 amide bonds. The minimum absolute atomic E-state index is 0.306. The van der Waals surface area contributed by atoms with Gasteiger partial charge in [-0.2, -0.15) is 0 Å². The maximum atomic E-state index is 13.5. The van der Waals surface area contributed by atoms with Crippen molar-refractivity contribution in [3.05, 3.63) is 47.8 Å².